The van der Waals surface area contributed by atoms with Crippen LogP contribution in [0.3, 0.4) is 0 Å². The SMILES string of the molecule is COC(=O)c1ccc(F)c(NC2CCC(C)(C)C2)c1. The number of benzene rings is 1. The molecule has 0 aliphatic heterocycles. The van der Waals surface area contributed by atoms with Crippen molar-refractivity contribution >= 4 is 11.7 Å². The lowest BCUT2D eigenvalue weighted by Gasteiger charge is -2.19. The molecule has 1 aromatic carbocycles. The largest absolute Gasteiger partial charge is 0.465 e. The standard InChI is InChI=1S/C15H20FNO2/c1-15(2)7-6-11(9-15)17-13-8-10(14(18)19-3)4-5-12(13)16/h4-5,8,11,17H,6-7,9H2,1-3H3. The zero-order valence-corrected chi connectivity index (χ0v) is 11.6. The minimum Gasteiger partial charge on any atom is -0.465 e. The Labute approximate surface area is 113 Å². The van der Waals surface area contributed by atoms with Crippen LogP contribution in [-0.2, 0) is 4.74 Å². The van der Waals surface area contributed by atoms with Crippen molar-refractivity contribution < 1.29 is 13.9 Å². The molecule has 1 fully saturated rings. The molecule has 0 spiro atoms. The molecule has 1 atom stereocenters. The lowest BCUT2D eigenvalue weighted by Crippen LogP contribution is -2.18. The Kier molecular flexibility index (Phi) is 3.78. The van der Waals surface area contributed by atoms with Crippen LogP contribution in [0.15, 0.2) is 18.2 Å². The predicted molar refractivity (Wildman–Crippen MR) is 72.8 cm³/mol. The highest BCUT2D eigenvalue weighted by Gasteiger charge is 2.31. The normalized spacial score (nSPS) is 21.2. The van der Waals surface area contributed by atoms with Gasteiger partial charge in [0, 0.05) is 6.04 Å². The lowest BCUT2D eigenvalue weighted by atomic mass is 9.92. The highest BCUT2D eigenvalue weighted by molar-refractivity contribution is 5.90. The van der Waals surface area contributed by atoms with Gasteiger partial charge in [-0.3, -0.25) is 0 Å². The number of hydrogen-bond acceptors (Lipinski definition) is 3. The summed E-state index contributed by atoms with van der Waals surface area (Å²) in [5.74, 6) is -0.785. The summed E-state index contributed by atoms with van der Waals surface area (Å²) in [5, 5.41) is 3.20. The molecule has 0 aromatic heterocycles. The van der Waals surface area contributed by atoms with E-state index < -0.39 is 5.97 Å². The molecule has 1 aliphatic carbocycles. The highest BCUT2D eigenvalue weighted by atomic mass is 19.1. The van der Waals surface area contributed by atoms with Crippen LogP contribution in [0.5, 0.6) is 0 Å². The molecule has 1 aromatic rings. The Morgan fingerprint density at radius 1 is 1.47 bits per heavy atom. The van der Waals surface area contributed by atoms with Crippen LogP contribution < -0.4 is 5.32 Å². The molecular weight excluding hydrogens is 245 g/mol. The second-order valence-corrected chi connectivity index (χ2v) is 5.93. The molecule has 1 saturated carbocycles. The van der Waals surface area contributed by atoms with Crippen molar-refractivity contribution in [3.63, 3.8) is 0 Å². The zero-order chi connectivity index (χ0) is 14.0. The van der Waals surface area contributed by atoms with Gasteiger partial charge in [0.25, 0.3) is 0 Å². The Balaban J connectivity index is 2.14. The van der Waals surface area contributed by atoms with Gasteiger partial charge < -0.3 is 10.1 Å². The number of carbonyl (C=O) groups excluding carboxylic acids is 1. The Morgan fingerprint density at radius 2 is 2.21 bits per heavy atom. The summed E-state index contributed by atoms with van der Waals surface area (Å²) >= 11 is 0. The first-order valence-corrected chi connectivity index (χ1v) is 6.56. The topological polar surface area (TPSA) is 38.3 Å². The molecule has 0 bridgehead atoms. The van der Waals surface area contributed by atoms with E-state index in [0.29, 0.717) is 16.7 Å². The fraction of sp³-hybridized carbons (Fsp3) is 0.533. The third kappa shape index (κ3) is 3.25. The van der Waals surface area contributed by atoms with Gasteiger partial charge in [0.2, 0.25) is 0 Å². The van der Waals surface area contributed by atoms with Crippen molar-refractivity contribution in [3.05, 3.63) is 29.6 Å². The molecule has 0 saturated heterocycles. The summed E-state index contributed by atoms with van der Waals surface area (Å²) in [6.45, 7) is 4.44. The van der Waals surface area contributed by atoms with Gasteiger partial charge in [-0.05, 0) is 42.9 Å². The van der Waals surface area contributed by atoms with Gasteiger partial charge in [0.05, 0.1) is 18.4 Å². The van der Waals surface area contributed by atoms with Crippen molar-refractivity contribution in [1.82, 2.24) is 0 Å². The van der Waals surface area contributed by atoms with E-state index in [2.05, 4.69) is 23.9 Å². The van der Waals surface area contributed by atoms with Crippen molar-refractivity contribution in [3.8, 4) is 0 Å². The maximum absolute atomic E-state index is 13.8. The van der Waals surface area contributed by atoms with E-state index in [-0.39, 0.29) is 11.9 Å². The summed E-state index contributed by atoms with van der Waals surface area (Å²) in [4.78, 5) is 11.4. The minimum atomic E-state index is -0.449. The first-order valence-electron chi connectivity index (χ1n) is 6.56. The van der Waals surface area contributed by atoms with Gasteiger partial charge in [-0.2, -0.15) is 0 Å². The lowest BCUT2D eigenvalue weighted by molar-refractivity contribution is 0.0600. The van der Waals surface area contributed by atoms with Gasteiger partial charge in [0.1, 0.15) is 5.82 Å². The van der Waals surface area contributed by atoms with E-state index in [4.69, 9.17) is 0 Å². The molecule has 104 valence electrons. The van der Waals surface area contributed by atoms with Crippen molar-refractivity contribution in [2.75, 3.05) is 12.4 Å². The molecule has 0 heterocycles. The molecule has 0 radical (unpaired) electrons. The number of nitrogens with one attached hydrogen (secondary N) is 1. The fourth-order valence-electron chi connectivity index (χ4n) is 2.66. The van der Waals surface area contributed by atoms with Crippen LogP contribution in [0, 0.1) is 11.2 Å². The third-order valence-corrected chi connectivity index (χ3v) is 3.72. The first-order chi connectivity index (χ1) is 8.91. The second kappa shape index (κ2) is 5.19. The molecule has 1 aliphatic rings. The summed E-state index contributed by atoms with van der Waals surface area (Å²) < 4.78 is 18.4. The number of rotatable bonds is 3. The number of ether oxygens (including phenoxy) is 1. The molecule has 1 unspecified atom stereocenters. The fourth-order valence-corrected chi connectivity index (χ4v) is 2.66. The highest BCUT2D eigenvalue weighted by Crippen LogP contribution is 2.38. The average Bonchev–Trinajstić information content (AvgIpc) is 2.70. The molecular formula is C15H20FNO2. The zero-order valence-electron chi connectivity index (χ0n) is 11.6. The van der Waals surface area contributed by atoms with Crippen LogP contribution in [0.2, 0.25) is 0 Å². The maximum Gasteiger partial charge on any atom is 0.337 e. The minimum absolute atomic E-state index is 0.261. The van der Waals surface area contributed by atoms with E-state index in [1.54, 1.807) is 0 Å². The van der Waals surface area contributed by atoms with Crippen LogP contribution >= 0.6 is 0 Å². The van der Waals surface area contributed by atoms with Crippen LogP contribution in [0.1, 0.15) is 43.5 Å². The number of methoxy groups -OCH3 is 1. The summed E-state index contributed by atoms with van der Waals surface area (Å²) in [7, 11) is 1.32. The Hall–Kier alpha value is -1.58. The van der Waals surface area contributed by atoms with Gasteiger partial charge in [-0.15, -0.1) is 0 Å². The molecule has 19 heavy (non-hydrogen) atoms. The molecule has 2 rings (SSSR count). The quantitative estimate of drug-likeness (QED) is 0.849. The molecule has 3 nitrogen and oxygen atoms in total. The first kappa shape index (κ1) is 13.8. The number of anilines is 1. The monoisotopic (exact) mass is 265 g/mol. The molecule has 0 amide bonds. The van der Waals surface area contributed by atoms with Crippen LogP contribution in [-0.4, -0.2) is 19.1 Å². The van der Waals surface area contributed by atoms with E-state index in [1.807, 2.05) is 0 Å². The van der Waals surface area contributed by atoms with E-state index >= 15 is 0 Å². The van der Waals surface area contributed by atoms with Crippen molar-refractivity contribution in [2.24, 2.45) is 5.41 Å². The van der Waals surface area contributed by atoms with E-state index in [1.165, 1.54) is 25.3 Å². The second-order valence-electron chi connectivity index (χ2n) is 5.93. The average molecular weight is 265 g/mol. The van der Waals surface area contributed by atoms with E-state index in [0.717, 1.165) is 19.3 Å². The number of carbonyl (C=O) groups is 1. The Morgan fingerprint density at radius 3 is 2.79 bits per heavy atom. The number of halogens is 1. The number of esters is 1. The maximum atomic E-state index is 13.8. The van der Waals surface area contributed by atoms with Gasteiger partial charge in [-0.1, -0.05) is 13.8 Å². The van der Waals surface area contributed by atoms with E-state index in [9.17, 15) is 9.18 Å². The molecule has 1 N–H and O–H groups in total. The summed E-state index contributed by atoms with van der Waals surface area (Å²) in [5.41, 5.74) is 1.04. The van der Waals surface area contributed by atoms with Crippen LogP contribution in [0.4, 0.5) is 10.1 Å². The van der Waals surface area contributed by atoms with Gasteiger partial charge >= 0.3 is 5.97 Å². The van der Waals surface area contributed by atoms with Gasteiger partial charge in [0.15, 0.2) is 0 Å². The summed E-state index contributed by atoms with van der Waals surface area (Å²) in [6.07, 6.45) is 3.16. The van der Waals surface area contributed by atoms with Crippen LogP contribution in [0.25, 0.3) is 0 Å². The third-order valence-electron chi connectivity index (χ3n) is 3.72. The smallest absolute Gasteiger partial charge is 0.337 e. The number of hydrogen-bond donors (Lipinski definition) is 1. The predicted octanol–water partition coefficient (Wildman–Crippen LogP) is 3.60. The van der Waals surface area contributed by atoms with Gasteiger partial charge in [-0.25, -0.2) is 9.18 Å². The van der Waals surface area contributed by atoms with Crippen molar-refractivity contribution in [1.29, 1.82) is 0 Å². The Bertz CT molecular complexity index is 485. The molecule has 4 heteroatoms. The summed E-state index contributed by atoms with van der Waals surface area (Å²) in [6, 6.07) is 4.52. The van der Waals surface area contributed by atoms with Crippen molar-refractivity contribution in [2.45, 2.75) is 39.2 Å².